The molecule has 1 atom stereocenters. The molecule has 34 heavy (non-hydrogen) atoms. The van der Waals surface area contributed by atoms with E-state index in [-0.39, 0.29) is 18.2 Å². The molecule has 7 heteroatoms. The third-order valence-corrected chi connectivity index (χ3v) is 5.94. The van der Waals surface area contributed by atoms with Gasteiger partial charge in [-0.15, -0.1) is 0 Å². The number of likely N-dealkylation sites (tertiary alicyclic amines) is 1. The van der Waals surface area contributed by atoms with Gasteiger partial charge in [-0.05, 0) is 66.4 Å². The third-order valence-electron chi connectivity index (χ3n) is 5.68. The normalized spacial score (nSPS) is 15.6. The van der Waals surface area contributed by atoms with Crippen molar-refractivity contribution in [3.63, 3.8) is 0 Å². The van der Waals surface area contributed by atoms with Gasteiger partial charge in [0.1, 0.15) is 12.4 Å². The van der Waals surface area contributed by atoms with Crippen LogP contribution >= 0.6 is 11.6 Å². The van der Waals surface area contributed by atoms with Gasteiger partial charge >= 0.3 is 0 Å². The first-order valence-corrected chi connectivity index (χ1v) is 11.7. The predicted molar refractivity (Wildman–Crippen MR) is 132 cm³/mol. The zero-order valence-corrected chi connectivity index (χ0v) is 19.5. The number of nitrogens with one attached hydrogen (secondary N) is 1. The van der Waals surface area contributed by atoms with Gasteiger partial charge in [-0.2, -0.15) is 0 Å². The summed E-state index contributed by atoms with van der Waals surface area (Å²) < 4.78 is 5.78. The van der Waals surface area contributed by atoms with Crippen molar-refractivity contribution < 1.29 is 19.4 Å². The number of nitrogens with zero attached hydrogens (tertiary/aromatic N) is 1. The molecule has 3 aromatic rings. The van der Waals surface area contributed by atoms with Gasteiger partial charge in [0.05, 0.1) is 12.5 Å². The molecule has 2 amide bonds. The summed E-state index contributed by atoms with van der Waals surface area (Å²) in [4.78, 5) is 27.0. The standard InChI is InChI=1S/C27H27ClN2O4/c28-22-10-6-20(7-11-22)18-34-25-12-8-19(9-13-25)15-26(32)29-23-4-1-3-21(16-23)27(33)30-14-2-5-24(31)17-30/h1,3-4,6-13,16,24,31H,2,5,14-15,17-18H2,(H,29,32). The SMILES string of the molecule is O=C(Cc1ccc(OCc2ccc(Cl)cc2)cc1)Nc1cccc(C(=O)N2CCCC(O)C2)c1. The van der Waals surface area contributed by atoms with Crippen LogP contribution in [0, 0.1) is 0 Å². The van der Waals surface area contributed by atoms with E-state index in [4.69, 9.17) is 16.3 Å². The summed E-state index contributed by atoms with van der Waals surface area (Å²) in [6, 6.07) is 21.8. The summed E-state index contributed by atoms with van der Waals surface area (Å²) in [6.07, 6.45) is 1.23. The number of rotatable bonds is 7. The lowest BCUT2D eigenvalue weighted by Crippen LogP contribution is -2.42. The van der Waals surface area contributed by atoms with Crippen molar-refractivity contribution in [3.8, 4) is 5.75 Å². The van der Waals surface area contributed by atoms with E-state index in [2.05, 4.69) is 5.32 Å². The topological polar surface area (TPSA) is 78.9 Å². The smallest absolute Gasteiger partial charge is 0.254 e. The Morgan fingerprint density at radius 2 is 1.76 bits per heavy atom. The fourth-order valence-electron chi connectivity index (χ4n) is 3.89. The molecule has 6 nitrogen and oxygen atoms in total. The van der Waals surface area contributed by atoms with Crippen LogP contribution in [0.25, 0.3) is 0 Å². The maximum absolute atomic E-state index is 12.7. The fraction of sp³-hybridized carbons (Fsp3) is 0.259. The Morgan fingerprint density at radius 3 is 2.50 bits per heavy atom. The van der Waals surface area contributed by atoms with Crippen molar-refractivity contribution in [3.05, 3.63) is 94.5 Å². The molecule has 0 radical (unpaired) electrons. The highest BCUT2D eigenvalue weighted by Crippen LogP contribution is 2.19. The Hall–Kier alpha value is -3.35. The highest BCUT2D eigenvalue weighted by molar-refractivity contribution is 6.30. The molecule has 0 aromatic heterocycles. The quantitative estimate of drug-likeness (QED) is 0.516. The Bertz CT molecular complexity index is 1130. The number of ether oxygens (including phenoxy) is 1. The lowest BCUT2D eigenvalue weighted by atomic mass is 10.1. The first-order chi connectivity index (χ1) is 16.5. The zero-order chi connectivity index (χ0) is 23.9. The van der Waals surface area contributed by atoms with E-state index in [1.54, 1.807) is 29.2 Å². The van der Waals surface area contributed by atoms with Crippen LogP contribution in [0.1, 0.15) is 34.3 Å². The average Bonchev–Trinajstić information content (AvgIpc) is 2.84. The van der Waals surface area contributed by atoms with Crippen LogP contribution in [-0.2, 0) is 17.8 Å². The highest BCUT2D eigenvalue weighted by atomic mass is 35.5. The van der Waals surface area contributed by atoms with Crippen LogP contribution in [0.5, 0.6) is 5.75 Å². The molecule has 1 aliphatic rings. The number of amides is 2. The van der Waals surface area contributed by atoms with Gasteiger partial charge in [-0.3, -0.25) is 9.59 Å². The van der Waals surface area contributed by atoms with Gasteiger partial charge in [0.15, 0.2) is 0 Å². The number of piperidine rings is 1. The van der Waals surface area contributed by atoms with Crippen molar-refractivity contribution in [2.24, 2.45) is 0 Å². The first kappa shape index (κ1) is 23.8. The van der Waals surface area contributed by atoms with Gasteiger partial charge in [0, 0.05) is 29.4 Å². The second-order valence-corrected chi connectivity index (χ2v) is 8.85. The second kappa shape index (κ2) is 11.2. The van der Waals surface area contributed by atoms with E-state index in [0.29, 0.717) is 41.7 Å². The van der Waals surface area contributed by atoms with Crippen LogP contribution in [0.2, 0.25) is 5.02 Å². The molecule has 0 saturated carbocycles. The Kier molecular flexibility index (Phi) is 7.83. The molecule has 1 saturated heterocycles. The minimum Gasteiger partial charge on any atom is -0.489 e. The first-order valence-electron chi connectivity index (χ1n) is 11.3. The molecule has 0 spiro atoms. The van der Waals surface area contributed by atoms with Crippen molar-refractivity contribution >= 4 is 29.1 Å². The van der Waals surface area contributed by atoms with Gasteiger partial charge in [-0.25, -0.2) is 0 Å². The van der Waals surface area contributed by atoms with Gasteiger partial charge in [0.2, 0.25) is 5.91 Å². The monoisotopic (exact) mass is 478 g/mol. The molecule has 1 fully saturated rings. The number of aliphatic hydroxyl groups is 1. The maximum atomic E-state index is 12.7. The number of hydrogen-bond acceptors (Lipinski definition) is 4. The van der Waals surface area contributed by atoms with Crippen molar-refractivity contribution in [2.45, 2.75) is 32.0 Å². The number of halogens is 1. The molecule has 4 rings (SSSR count). The number of benzene rings is 3. The minimum atomic E-state index is -0.477. The van der Waals surface area contributed by atoms with E-state index < -0.39 is 6.10 Å². The molecule has 1 aliphatic heterocycles. The number of aliphatic hydroxyl groups excluding tert-OH is 1. The Balaban J connectivity index is 1.29. The van der Waals surface area contributed by atoms with Crippen LogP contribution in [0.4, 0.5) is 5.69 Å². The van der Waals surface area contributed by atoms with E-state index >= 15 is 0 Å². The molecule has 0 bridgehead atoms. The summed E-state index contributed by atoms with van der Waals surface area (Å²) >= 11 is 5.90. The number of carbonyl (C=O) groups is 2. The van der Waals surface area contributed by atoms with Crippen molar-refractivity contribution in [2.75, 3.05) is 18.4 Å². The molecule has 2 N–H and O–H groups in total. The third kappa shape index (κ3) is 6.59. The van der Waals surface area contributed by atoms with E-state index in [1.165, 1.54) is 0 Å². The second-order valence-electron chi connectivity index (χ2n) is 8.41. The van der Waals surface area contributed by atoms with Crippen molar-refractivity contribution in [1.29, 1.82) is 0 Å². The van der Waals surface area contributed by atoms with E-state index in [9.17, 15) is 14.7 Å². The molecule has 3 aromatic carbocycles. The number of carbonyl (C=O) groups excluding carboxylic acids is 2. The highest BCUT2D eigenvalue weighted by Gasteiger charge is 2.23. The summed E-state index contributed by atoms with van der Waals surface area (Å²) in [7, 11) is 0. The van der Waals surface area contributed by atoms with Crippen molar-refractivity contribution in [1.82, 2.24) is 4.90 Å². The van der Waals surface area contributed by atoms with E-state index in [1.807, 2.05) is 48.5 Å². The van der Waals surface area contributed by atoms with Crippen LogP contribution in [-0.4, -0.2) is 41.0 Å². The minimum absolute atomic E-state index is 0.135. The summed E-state index contributed by atoms with van der Waals surface area (Å²) in [5.41, 5.74) is 2.93. The number of anilines is 1. The summed E-state index contributed by atoms with van der Waals surface area (Å²) in [5.74, 6) is 0.407. The molecule has 1 heterocycles. The van der Waals surface area contributed by atoms with Gasteiger partial charge in [0.25, 0.3) is 5.91 Å². The lowest BCUT2D eigenvalue weighted by molar-refractivity contribution is -0.115. The maximum Gasteiger partial charge on any atom is 0.254 e. The van der Waals surface area contributed by atoms with Gasteiger partial charge < -0.3 is 20.1 Å². The van der Waals surface area contributed by atoms with Crippen LogP contribution < -0.4 is 10.1 Å². The van der Waals surface area contributed by atoms with Crippen LogP contribution in [0.15, 0.2) is 72.8 Å². The Morgan fingerprint density at radius 1 is 1.03 bits per heavy atom. The predicted octanol–water partition coefficient (Wildman–Crippen LogP) is 4.70. The molecule has 0 aliphatic carbocycles. The average molecular weight is 479 g/mol. The molecule has 1 unspecified atom stereocenters. The fourth-order valence-corrected chi connectivity index (χ4v) is 4.02. The van der Waals surface area contributed by atoms with Crippen LogP contribution in [0.3, 0.4) is 0 Å². The van der Waals surface area contributed by atoms with Gasteiger partial charge in [-0.1, -0.05) is 41.9 Å². The Labute approximate surface area is 204 Å². The largest absolute Gasteiger partial charge is 0.489 e. The molecule has 176 valence electrons. The summed E-state index contributed by atoms with van der Waals surface area (Å²) in [5, 5.41) is 13.4. The molecular formula is C27H27ClN2O4. The zero-order valence-electron chi connectivity index (χ0n) is 18.7. The molecular weight excluding hydrogens is 452 g/mol. The summed E-state index contributed by atoms with van der Waals surface area (Å²) in [6.45, 7) is 1.41. The van der Waals surface area contributed by atoms with E-state index in [0.717, 1.165) is 24.0 Å². The number of hydrogen-bond donors (Lipinski definition) is 2. The number of β-amino-alcohol motifs (C(OH)–C–C–N with tert-alkyl or cyclic N) is 1. The lowest BCUT2D eigenvalue weighted by Gasteiger charge is -2.30.